The van der Waals surface area contributed by atoms with Crippen LogP contribution in [0.15, 0.2) is 48.8 Å². The Hall–Kier alpha value is -2.73. The molecule has 1 aromatic heterocycles. The second-order valence-corrected chi connectivity index (χ2v) is 5.69. The lowest BCUT2D eigenvalue weighted by Gasteiger charge is -2.14. The second kappa shape index (κ2) is 8.39. The molecule has 130 valence electrons. The zero-order chi connectivity index (χ0) is 17.5. The number of nitrogens with one attached hydrogen (secondary N) is 2. The van der Waals surface area contributed by atoms with Crippen molar-refractivity contribution >= 4 is 17.5 Å². The van der Waals surface area contributed by atoms with Gasteiger partial charge >= 0.3 is 0 Å². The molecule has 1 heterocycles. The highest BCUT2D eigenvalue weighted by Crippen LogP contribution is 2.30. The first-order chi connectivity index (χ1) is 12.3. The lowest BCUT2D eigenvalue weighted by Crippen LogP contribution is -2.04. The first-order valence-corrected chi connectivity index (χ1v) is 8.35. The van der Waals surface area contributed by atoms with Gasteiger partial charge in [0.05, 0.1) is 6.61 Å². The highest BCUT2D eigenvalue weighted by Gasteiger charge is 2.08. The average Bonchev–Trinajstić information content (AvgIpc) is 3.14. The SMILES string of the molecule is CCOc1cc(CNc2ncn[nH]2)ccc1OCc1ccccc1Cl. The van der Waals surface area contributed by atoms with Crippen molar-refractivity contribution in [3.05, 3.63) is 64.9 Å². The topological polar surface area (TPSA) is 72.1 Å². The number of halogens is 1. The molecule has 2 aromatic carbocycles. The van der Waals surface area contributed by atoms with Crippen molar-refractivity contribution in [2.45, 2.75) is 20.1 Å². The predicted molar refractivity (Wildman–Crippen MR) is 97.1 cm³/mol. The van der Waals surface area contributed by atoms with Crippen LogP contribution in [0, 0.1) is 0 Å². The Bertz CT molecular complexity index is 809. The monoisotopic (exact) mass is 358 g/mol. The van der Waals surface area contributed by atoms with Gasteiger partial charge in [0.2, 0.25) is 5.95 Å². The van der Waals surface area contributed by atoms with E-state index in [-0.39, 0.29) is 0 Å². The van der Waals surface area contributed by atoms with Gasteiger partial charge in [-0.3, -0.25) is 0 Å². The standard InChI is InChI=1S/C18H19ClN4O2/c1-2-24-17-9-13(10-20-18-21-12-22-23-18)7-8-16(17)25-11-14-5-3-4-6-15(14)19/h3-9,12H,2,10-11H2,1H3,(H2,20,21,22,23). The molecule has 0 spiro atoms. The summed E-state index contributed by atoms with van der Waals surface area (Å²) in [4.78, 5) is 4.03. The molecule has 25 heavy (non-hydrogen) atoms. The fourth-order valence-electron chi connectivity index (χ4n) is 2.30. The molecule has 3 rings (SSSR count). The summed E-state index contributed by atoms with van der Waals surface area (Å²) >= 11 is 6.17. The third-order valence-corrected chi connectivity index (χ3v) is 3.89. The van der Waals surface area contributed by atoms with E-state index in [1.54, 1.807) is 0 Å². The predicted octanol–water partition coefficient (Wildman–Crippen LogP) is 4.05. The van der Waals surface area contributed by atoms with Gasteiger partial charge in [0, 0.05) is 17.1 Å². The fourth-order valence-corrected chi connectivity index (χ4v) is 2.49. The van der Waals surface area contributed by atoms with E-state index in [1.807, 2.05) is 49.4 Å². The van der Waals surface area contributed by atoms with Gasteiger partial charge in [-0.1, -0.05) is 35.9 Å². The quantitative estimate of drug-likeness (QED) is 0.635. The molecule has 7 heteroatoms. The third kappa shape index (κ3) is 4.64. The molecule has 6 nitrogen and oxygen atoms in total. The van der Waals surface area contributed by atoms with Crippen molar-refractivity contribution in [3.63, 3.8) is 0 Å². The van der Waals surface area contributed by atoms with Crippen LogP contribution in [-0.2, 0) is 13.2 Å². The Morgan fingerprint density at radius 1 is 1.12 bits per heavy atom. The molecule has 0 radical (unpaired) electrons. The van der Waals surface area contributed by atoms with Crippen LogP contribution in [-0.4, -0.2) is 21.8 Å². The van der Waals surface area contributed by atoms with Crippen LogP contribution < -0.4 is 14.8 Å². The number of aromatic nitrogens is 3. The normalized spacial score (nSPS) is 10.5. The smallest absolute Gasteiger partial charge is 0.218 e. The van der Waals surface area contributed by atoms with Crippen LogP contribution in [0.3, 0.4) is 0 Å². The summed E-state index contributed by atoms with van der Waals surface area (Å²) < 4.78 is 11.6. The lowest BCUT2D eigenvalue weighted by molar-refractivity contribution is 0.269. The number of benzene rings is 2. The maximum Gasteiger partial charge on any atom is 0.218 e. The van der Waals surface area contributed by atoms with Crippen molar-refractivity contribution in [2.75, 3.05) is 11.9 Å². The average molecular weight is 359 g/mol. The largest absolute Gasteiger partial charge is 0.490 e. The highest BCUT2D eigenvalue weighted by molar-refractivity contribution is 6.31. The molecule has 0 saturated heterocycles. The number of aromatic amines is 1. The van der Waals surface area contributed by atoms with Gasteiger partial charge in [0.1, 0.15) is 12.9 Å². The first kappa shape index (κ1) is 17.1. The number of ether oxygens (including phenoxy) is 2. The van der Waals surface area contributed by atoms with Gasteiger partial charge < -0.3 is 14.8 Å². The van der Waals surface area contributed by atoms with Gasteiger partial charge in [0.25, 0.3) is 0 Å². The van der Waals surface area contributed by atoms with Gasteiger partial charge in [0.15, 0.2) is 11.5 Å². The van der Waals surface area contributed by atoms with E-state index >= 15 is 0 Å². The molecule has 0 bridgehead atoms. The number of hydrogen-bond acceptors (Lipinski definition) is 5. The van der Waals surface area contributed by atoms with Gasteiger partial charge in [-0.25, -0.2) is 10.1 Å². The minimum atomic E-state index is 0.384. The molecular formula is C18H19ClN4O2. The van der Waals surface area contributed by atoms with Crippen LogP contribution in [0.2, 0.25) is 5.02 Å². The molecule has 0 aliphatic rings. The molecule has 2 N–H and O–H groups in total. The van der Waals surface area contributed by atoms with Crippen molar-refractivity contribution in [1.29, 1.82) is 0 Å². The van der Waals surface area contributed by atoms with Crippen LogP contribution in [0.5, 0.6) is 11.5 Å². The van der Waals surface area contributed by atoms with E-state index in [1.165, 1.54) is 6.33 Å². The number of rotatable bonds is 8. The fraction of sp³-hybridized carbons (Fsp3) is 0.222. The number of anilines is 1. The Morgan fingerprint density at radius 3 is 2.76 bits per heavy atom. The minimum Gasteiger partial charge on any atom is -0.490 e. The van der Waals surface area contributed by atoms with Crippen molar-refractivity contribution in [3.8, 4) is 11.5 Å². The Morgan fingerprint density at radius 2 is 2.00 bits per heavy atom. The maximum atomic E-state index is 6.17. The Kier molecular flexibility index (Phi) is 5.74. The van der Waals surface area contributed by atoms with E-state index in [9.17, 15) is 0 Å². The second-order valence-electron chi connectivity index (χ2n) is 5.28. The van der Waals surface area contributed by atoms with Gasteiger partial charge in [-0.2, -0.15) is 5.10 Å². The highest BCUT2D eigenvalue weighted by atomic mass is 35.5. The molecule has 0 fully saturated rings. The summed E-state index contributed by atoms with van der Waals surface area (Å²) in [6.07, 6.45) is 1.46. The molecule has 0 aliphatic heterocycles. The first-order valence-electron chi connectivity index (χ1n) is 7.97. The van der Waals surface area contributed by atoms with Crippen molar-refractivity contribution in [2.24, 2.45) is 0 Å². The summed E-state index contributed by atoms with van der Waals surface area (Å²) in [6, 6.07) is 13.5. The van der Waals surface area contributed by atoms with Crippen molar-refractivity contribution in [1.82, 2.24) is 15.2 Å². The summed E-state index contributed by atoms with van der Waals surface area (Å²) in [6.45, 7) is 3.48. The summed E-state index contributed by atoms with van der Waals surface area (Å²) in [5.74, 6) is 2.01. The molecule has 0 atom stereocenters. The molecular weight excluding hydrogens is 340 g/mol. The lowest BCUT2D eigenvalue weighted by atomic mass is 10.2. The van der Waals surface area contributed by atoms with E-state index < -0.39 is 0 Å². The number of nitrogens with zero attached hydrogens (tertiary/aromatic N) is 2. The zero-order valence-electron chi connectivity index (χ0n) is 13.8. The zero-order valence-corrected chi connectivity index (χ0v) is 14.6. The van der Waals surface area contributed by atoms with E-state index in [4.69, 9.17) is 21.1 Å². The van der Waals surface area contributed by atoms with Crippen LogP contribution in [0.4, 0.5) is 5.95 Å². The minimum absolute atomic E-state index is 0.384. The van der Waals surface area contributed by atoms with Crippen molar-refractivity contribution < 1.29 is 9.47 Å². The Labute approximate surface area is 151 Å². The summed E-state index contributed by atoms with van der Waals surface area (Å²) in [5, 5.41) is 10.4. The molecule has 0 amide bonds. The maximum absolute atomic E-state index is 6.17. The van der Waals surface area contributed by atoms with Crippen LogP contribution >= 0.6 is 11.6 Å². The van der Waals surface area contributed by atoms with E-state index in [2.05, 4.69) is 20.5 Å². The molecule has 3 aromatic rings. The number of H-pyrrole nitrogens is 1. The van der Waals surface area contributed by atoms with E-state index in [0.717, 1.165) is 11.1 Å². The summed E-state index contributed by atoms with van der Waals surface area (Å²) in [5.41, 5.74) is 1.98. The number of hydrogen-bond donors (Lipinski definition) is 2. The van der Waals surface area contributed by atoms with Crippen LogP contribution in [0.25, 0.3) is 0 Å². The molecule has 0 aliphatic carbocycles. The van der Waals surface area contributed by atoms with E-state index in [0.29, 0.717) is 42.2 Å². The third-order valence-electron chi connectivity index (χ3n) is 3.52. The van der Waals surface area contributed by atoms with Gasteiger partial charge in [-0.05, 0) is 30.7 Å². The summed E-state index contributed by atoms with van der Waals surface area (Å²) in [7, 11) is 0. The molecule has 0 saturated carbocycles. The van der Waals surface area contributed by atoms with Gasteiger partial charge in [-0.15, -0.1) is 0 Å². The molecule has 0 unspecified atom stereocenters. The van der Waals surface area contributed by atoms with Crippen LogP contribution in [0.1, 0.15) is 18.1 Å². The Balaban J connectivity index is 1.69.